The standard InChI is InChI=1S/C11H15N5O/c12-15-14-7-6-13-11(17)10-5-2-8-16(10)9-3-1-4-9/h2,5,8-9H,1,3-4,6-7H2,(H,13,17). The normalized spacial score (nSPS) is 14.8. The Balaban J connectivity index is 1.94. The largest absolute Gasteiger partial charge is 0.351 e. The molecule has 1 heterocycles. The fourth-order valence-electron chi connectivity index (χ4n) is 1.92. The highest BCUT2D eigenvalue weighted by atomic mass is 16.1. The van der Waals surface area contributed by atoms with E-state index in [9.17, 15) is 4.79 Å². The van der Waals surface area contributed by atoms with E-state index in [1.165, 1.54) is 6.42 Å². The fourth-order valence-corrected chi connectivity index (χ4v) is 1.92. The van der Waals surface area contributed by atoms with Crippen LogP contribution in [0.1, 0.15) is 35.8 Å². The van der Waals surface area contributed by atoms with E-state index in [1.807, 2.05) is 22.9 Å². The minimum absolute atomic E-state index is 0.102. The summed E-state index contributed by atoms with van der Waals surface area (Å²) in [6, 6.07) is 4.19. The summed E-state index contributed by atoms with van der Waals surface area (Å²) in [5.74, 6) is -0.102. The van der Waals surface area contributed by atoms with Gasteiger partial charge >= 0.3 is 0 Å². The second kappa shape index (κ2) is 5.41. The van der Waals surface area contributed by atoms with E-state index in [2.05, 4.69) is 15.3 Å². The molecular formula is C11H15N5O. The lowest BCUT2D eigenvalue weighted by atomic mass is 9.93. The molecule has 6 heteroatoms. The molecule has 1 amide bonds. The zero-order valence-corrected chi connectivity index (χ0v) is 9.54. The minimum atomic E-state index is -0.102. The van der Waals surface area contributed by atoms with Gasteiger partial charge in [-0.15, -0.1) is 0 Å². The van der Waals surface area contributed by atoms with Crippen molar-refractivity contribution < 1.29 is 4.79 Å². The summed E-state index contributed by atoms with van der Waals surface area (Å²) in [4.78, 5) is 14.5. The van der Waals surface area contributed by atoms with Gasteiger partial charge in [0.05, 0.1) is 0 Å². The highest BCUT2D eigenvalue weighted by Crippen LogP contribution is 2.32. The number of rotatable bonds is 5. The predicted molar refractivity (Wildman–Crippen MR) is 63.7 cm³/mol. The van der Waals surface area contributed by atoms with Crippen LogP contribution in [0.15, 0.2) is 23.4 Å². The molecule has 6 nitrogen and oxygen atoms in total. The Hall–Kier alpha value is -1.94. The third-order valence-electron chi connectivity index (χ3n) is 3.04. The lowest BCUT2D eigenvalue weighted by molar-refractivity contribution is 0.0939. The predicted octanol–water partition coefficient (Wildman–Crippen LogP) is 2.25. The molecule has 0 bridgehead atoms. The summed E-state index contributed by atoms with van der Waals surface area (Å²) in [6.07, 6.45) is 5.48. The van der Waals surface area contributed by atoms with Crippen LogP contribution in [-0.4, -0.2) is 23.6 Å². The van der Waals surface area contributed by atoms with E-state index in [0.717, 1.165) is 12.8 Å². The van der Waals surface area contributed by atoms with Crippen LogP contribution >= 0.6 is 0 Å². The van der Waals surface area contributed by atoms with Crippen LogP contribution in [-0.2, 0) is 0 Å². The Labute approximate surface area is 99.2 Å². The van der Waals surface area contributed by atoms with Crippen molar-refractivity contribution in [1.82, 2.24) is 9.88 Å². The summed E-state index contributed by atoms with van der Waals surface area (Å²) in [5.41, 5.74) is 8.80. The molecule has 1 aliphatic carbocycles. The number of hydrogen-bond acceptors (Lipinski definition) is 2. The average Bonchev–Trinajstić information content (AvgIpc) is 2.70. The van der Waals surface area contributed by atoms with Gasteiger partial charge in [-0.25, -0.2) is 0 Å². The molecule has 1 saturated carbocycles. The van der Waals surface area contributed by atoms with Crippen molar-refractivity contribution in [2.45, 2.75) is 25.3 Å². The van der Waals surface area contributed by atoms with Gasteiger partial charge in [0, 0.05) is 30.2 Å². The first-order valence-corrected chi connectivity index (χ1v) is 5.79. The summed E-state index contributed by atoms with van der Waals surface area (Å²) < 4.78 is 2.03. The number of carbonyl (C=O) groups is 1. The molecule has 0 spiro atoms. The molecule has 1 fully saturated rings. The van der Waals surface area contributed by atoms with Crippen molar-refractivity contribution in [3.05, 3.63) is 34.5 Å². The molecule has 0 aliphatic heterocycles. The van der Waals surface area contributed by atoms with Gasteiger partial charge in [-0.1, -0.05) is 5.11 Å². The van der Waals surface area contributed by atoms with Gasteiger partial charge in [-0.05, 0) is 36.9 Å². The van der Waals surface area contributed by atoms with Gasteiger partial charge in [0.15, 0.2) is 0 Å². The average molecular weight is 233 g/mol. The Morgan fingerprint density at radius 2 is 2.47 bits per heavy atom. The van der Waals surface area contributed by atoms with Crippen LogP contribution < -0.4 is 5.32 Å². The van der Waals surface area contributed by atoms with Crippen molar-refractivity contribution >= 4 is 5.91 Å². The molecule has 1 aromatic heterocycles. The summed E-state index contributed by atoms with van der Waals surface area (Å²) >= 11 is 0. The number of carbonyl (C=O) groups excluding carboxylic acids is 1. The van der Waals surface area contributed by atoms with Gasteiger partial charge in [-0.3, -0.25) is 4.79 Å². The Morgan fingerprint density at radius 1 is 1.65 bits per heavy atom. The van der Waals surface area contributed by atoms with Gasteiger partial charge in [0.1, 0.15) is 5.69 Å². The first-order valence-electron chi connectivity index (χ1n) is 5.79. The topological polar surface area (TPSA) is 82.8 Å². The molecule has 2 rings (SSSR count). The number of hydrogen-bond donors (Lipinski definition) is 1. The highest BCUT2D eigenvalue weighted by Gasteiger charge is 2.22. The van der Waals surface area contributed by atoms with Crippen LogP contribution in [0.3, 0.4) is 0 Å². The number of nitrogens with zero attached hydrogens (tertiary/aromatic N) is 4. The van der Waals surface area contributed by atoms with Gasteiger partial charge < -0.3 is 9.88 Å². The highest BCUT2D eigenvalue weighted by molar-refractivity contribution is 5.92. The smallest absolute Gasteiger partial charge is 0.267 e. The number of nitrogens with one attached hydrogen (secondary N) is 1. The molecule has 1 N–H and O–H groups in total. The molecule has 1 aromatic rings. The monoisotopic (exact) mass is 233 g/mol. The van der Waals surface area contributed by atoms with Gasteiger partial charge in [0.25, 0.3) is 5.91 Å². The van der Waals surface area contributed by atoms with E-state index in [0.29, 0.717) is 18.3 Å². The number of aromatic nitrogens is 1. The Bertz CT molecular complexity index is 442. The van der Waals surface area contributed by atoms with E-state index in [1.54, 1.807) is 0 Å². The SMILES string of the molecule is [N-]=[N+]=NCCNC(=O)c1cccn1C1CCC1. The molecule has 90 valence electrons. The maximum atomic E-state index is 11.9. The number of azide groups is 1. The molecule has 0 unspecified atom stereocenters. The number of amides is 1. The zero-order valence-electron chi connectivity index (χ0n) is 9.54. The van der Waals surface area contributed by atoms with Crippen LogP contribution in [0.2, 0.25) is 0 Å². The minimum Gasteiger partial charge on any atom is -0.351 e. The van der Waals surface area contributed by atoms with Crippen LogP contribution in [0.4, 0.5) is 0 Å². The third-order valence-corrected chi connectivity index (χ3v) is 3.04. The molecule has 0 saturated heterocycles. The summed E-state index contributed by atoms with van der Waals surface area (Å²) in [6.45, 7) is 0.658. The zero-order chi connectivity index (χ0) is 12.1. The van der Waals surface area contributed by atoms with Crippen molar-refractivity contribution in [2.75, 3.05) is 13.1 Å². The molecule has 0 radical (unpaired) electrons. The molecule has 0 atom stereocenters. The van der Waals surface area contributed by atoms with Gasteiger partial charge in [0.2, 0.25) is 0 Å². The van der Waals surface area contributed by atoms with Crippen molar-refractivity contribution in [3.63, 3.8) is 0 Å². The van der Waals surface area contributed by atoms with E-state index >= 15 is 0 Å². The van der Waals surface area contributed by atoms with E-state index < -0.39 is 0 Å². The van der Waals surface area contributed by atoms with Crippen LogP contribution in [0.5, 0.6) is 0 Å². The first kappa shape index (κ1) is 11.5. The van der Waals surface area contributed by atoms with E-state index in [-0.39, 0.29) is 12.5 Å². The molecule has 17 heavy (non-hydrogen) atoms. The van der Waals surface area contributed by atoms with Gasteiger partial charge in [-0.2, -0.15) is 0 Å². The maximum Gasteiger partial charge on any atom is 0.267 e. The quantitative estimate of drug-likeness (QED) is 0.360. The molecule has 0 aromatic carbocycles. The Morgan fingerprint density at radius 3 is 3.12 bits per heavy atom. The first-order chi connectivity index (χ1) is 8.33. The second-order valence-electron chi connectivity index (χ2n) is 4.10. The lowest BCUT2D eigenvalue weighted by Gasteiger charge is -2.28. The van der Waals surface area contributed by atoms with Crippen LogP contribution in [0.25, 0.3) is 10.4 Å². The third kappa shape index (κ3) is 2.60. The second-order valence-corrected chi connectivity index (χ2v) is 4.10. The maximum absolute atomic E-state index is 11.9. The fraction of sp³-hybridized carbons (Fsp3) is 0.545. The lowest BCUT2D eigenvalue weighted by Crippen LogP contribution is -2.30. The molecule has 1 aliphatic rings. The summed E-state index contributed by atoms with van der Waals surface area (Å²) in [5, 5.41) is 6.11. The van der Waals surface area contributed by atoms with Crippen LogP contribution in [0, 0.1) is 0 Å². The molecular weight excluding hydrogens is 218 g/mol. The Kier molecular flexibility index (Phi) is 3.67. The van der Waals surface area contributed by atoms with Crippen molar-refractivity contribution in [1.29, 1.82) is 0 Å². The summed E-state index contributed by atoms with van der Waals surface area (Å²) in [7, 11) is 0. The van der Waals surface area contributed by atoms with Crippen molar-refractivity contribution in [2.24, 2.45) is 5.11 Å². The van der Waals surface area contributed by atoms with E-state index in [4.69, 9.17) is 5.53 Å². The van der Waals surface area contributed by atoms with Crippen molar-refractivity contribution in [3.8, 4) is 0 Å².